The highest BCUT2D eigenvalue weighted by Crippen LogP contribution is 2.25. The van der Waals surface area contributed by atoms with Crippen LogP contribution >= 0.6 is 0 Å². The lowest BCUT2D eigenvalue weighted by atomic mass is 9.97. The van der Waals surface area contributed by atoms with E-state index in [1.165, 1.54) is 21.1 Å². The van der Waals surface area contributed by atoms with Crippen LogP contribution in [-0.2, 0) is 39.8 Å². The summed E-state index contributed by atoms with van der Waals surface area (Å²) in [6.07, 6.45) is 2.26. The summed E-state index contributed by atoms with van der Waals surface area (Å²) in [4.78, 5) is 24.0. The molecule has 10 heteroatoms. The minimum absolute atomic E-state index is 0.0319. The van der Waals surface area contributed by atoms with Crippen molar-refractivity contribution in [3.8, 4) is 0 Å². The highest BCUT2D eigenvalue weighted by Gasteiger charge is 2.33. The zero-order valence-corrected chi connectivity index (χ0v) is 19.2. The first-order valence-corrected chi connectivity index (χ1v) is 12.1. The molecule has 0 spiro atoms. The maximum atomic E-state index is 12.9. The van der Waals surface area contributed by atoms with Gasteiger partial charge in [-0.25, -0.2) is 8.42 Å². The first kappa shape index (κ1) is 24.0. The number of aryl methyl sites for hydroxylation is 1. The van der Waals surface area contributed by atoms with Crippen molar-refractivity contribution in [3.05, 3.63) is 53.3 Å². The van der Waals surface area contributed by atoms with Gasteiger partial charge in [-0.3, -0.25) is 9.59 Å². The highest BCUT2D eigenvalue weighted by atomic mass is 32.2. The lowest BCUT2D eigenvalue weighted by Gasteiger charge is -2.30. The van der Waals surface area contributed by atoms with Crippen molar-refractivity contribution in [2.45, 2.75) is 37.8 Å². The van der Waals surface area contributed by atoms with Crippen molar-refractivity contribution in [2.24, 2.45) is 18.7 Å². The van der Waals surface area contributed by atoms with E-state index in [9.17, 15) is 18.0 Å². The van der Waals surface area contributed by atoms with Crippen LogP contribution in [0.3, 0.4) is 0 Å². The Hall–Kier alpha value is -2.69. The van der Waals surface area contributed by atoms with Crippen molar-refractivity contribution in [1.29, 1.82) is 0 Å². The number of primary amides is 1. The fraction of sp³-hybridized carbons (Fsp3) is 0.455. The number of nitrogens with one attached hydrogen (secondary N) is 1. The molecule has 32 heavy (non-hydrogen) atoms. The smallest absolute Gasteiger partial charge is 0.265 e. The van der Waals surface area contributed by atoms with Gasteiger partial charge in [-0.05, 0) is 37.0 Å². The number of hydrogen-bond donors (Lipinski definition) is 2. The van der Waals surface area contributed by atoms with E-state index in [-0.39, 0.29) is 35.5 Å². The minimum Gasteiger partial charge on any atom is -0.377 e. The Morgan fingerprint density at radius 3 is 2.34 bits per heavy atom. The van der Waals surface area contributed by atoms with Crippen LogP contribution in [0.1, 0.15) is 41.4 Å². The fourth-order valence-electron chi connectivity index (χ4n) is 3.73. The van der Waals surface area contributed by atoms with E-state index < -0.39 is 15.9 Å². The standard InChI is InChI=1S/C22H30N4O5S/c1-3-31-15-17-6-4-16(5-7-17)13-24-22(28)18-8-10-26(11-9-18)32(29,30)19-12-20(21(23)27)25(2)14-19/h4-7,12,14,18H,3,8-11,13,15H2,1-2H3,(H2,23,27)(H,24,28). The number of amides is 2. The van der Waals surface area contributed by atoms with E-state index in [0.29, 0.717) is 32.6 Å². The molecule has 1 saturated heterocycles. The van der Waals surface area contributed by atoms with Crippen molar-refractivity contribution in [2.75, 3.05) is 19.7 Å². The minimum atomic E-state index is -3.75. The van der Waals surface area contributed by atoms with E-state index in [0.717, 1.165) is 11.1 Å². The van der Waals surface area contributed by atoms with Gasteiger partial charge in [0.05, 0.1) is 6.61 Å². The molecule has 1 fully saturated rings. The summed E-state index contributed by atoms with van der Waals surface area (Å²) < 4.78 is 33.9. The first-order chi connectivity index (χ1) is 15.2. The van der Waals surface area contributed by atoms with Crippen LogP contribution < -0.4 is 11.1 Å². The quantitative estimate of drug-likeness (QED) is 0.583. The number of hydrogen-bond acceptors (Lipinski definition) is 5. The Balaban J connectivity index is 1.52. The van der Waals surface area contributed by atoms with Gasteiger partial charge in [0.2, 0.25) is 15.9 Å². The summed E-state index contributed by atoms with van der Waals surface area (Å²) >= 11 is 0. The molecule has 0 aliphatic carbocycles. The number of rotatable bonds is 9. The zero-order valence-electron chi connectivity index (χ0n) is 18.4. The summed E-state index contributed by atoms with van der Waals surface area (Å²) in [7, 11) is -2.18. The Morgan fingerprint density at radius 2 is 1.78 bits per heavy atom. The van der Waals surface area contributed by atoms with Gasteiger partial charge in [-0.1, -0.05) is 24.3 Å². The van der Waals surface area contributed by atoms with Crippen LogP contribution in [0.15, 0.2) is 41.4 Å². The number of nitrogens with zero attached hydrogens (tertiary/aromatic N) is 2. The molecule has 1 aliphatic heterocycles. The summed E-state index contributed by atoms with van der Waals surface area (Å²) in [5.74, 6) is -1.000. The molecule has 0 saturated carbocycles. The number of benzene rings is 1. The molecule has 3 N–H and O–H groups in total. The van der Waals surface area contributed by atoms with E-state index in [1.54, 1.807) is 7.05 Å². The Morgan fingerprint density at radius 1 is 1.16 bits per heavy atom. The van der Waals surface area contributed by atoms with Gasteiger partial charge in [0.1, 0.15) is 10.6 Å². The third kappa shape index (κ3) is 5.56. The normalized spacial score (nSPS) is 15.6. The predicted octanol–water partition coefficient (Wildman–Crippen LogP) is 1.38. The van der Waals surface area contributed by atoms with Crippen LogP contribution in [0, 0.1) is 5.92 Å². The van der Waals surface area contributed by atoms with Gasteiger partial charge >= 0.3 is 0 Å². The number of carbonyl (C=O) groups excluding carboxylic acids is 2. The maximum absolute atomic E-state index is 12.9. The highest BCUT2D eigenvalue weighted by molar-refractivity contribution is 7.89. The Labute approximate surface area is 188 Å². The van der Waals surface area contributed by atoms with Crippen molar-refractivity contribution >= 4 is 21.8 Å². The van der Waals surface area contributed by atoms with Gasteiger partial charge < -0.3 is 20.4 Å². The second-order valence-electron chi connectivity index (χ2n) is 7.89. The average Bonchev–Trinajstić information content (AvgIpc) is 3.19. The number of ether oxygens (including phenoxy) is 1. The molecule has 2 aromatic rings. The molecule has 3 rings (SSSR count). The lowest BCUT2D eigenvalue weighted by molar-refractivity contribution is -0.126. The monoisotopic (exact) mass is 462 g/mol. The molecule has 1 aliphatic rings. The van der Waals surface area contributed by atoms with E-state index in [1.807, 2.05) is 31.2 Å². The van der Waals surface area contributed by atoms with Crippen LogP contribution in [0.4, 0.5) is 0 Å². The fourth-order valence-corrected chi connectivity index (χ4v) is 5.28. The van der Waals surface area contributed by atoms with Crippen molar-refractivity contribution in [3.63, 3.8) is 0 Å². The molecule has 1 aromatic carbocycles. The summed E-state index contributed by atoms with van der Waals surface area (Å²) in [5.41, 5.74) is 7.48. The molecule has 0 atom stereocenters. The number of aromatic nitrogens is 1. The third-order valence-corrected chi connectivity index (χ3v) is 7.52. The average molecular weight is 463 g/mol. The maximum Gasteiger partial charge on any atom is 0.265 e. The van der Waals surface area contributed by atoms with E-state index >= 15 is 0 Å². The molecular weight excluding hydrogens is 432 g/mol. The van der Waals surface area contributed by atoms with E-state index in [4.69, 9.17) is 10.5 Å². The summed E-state index contributed by atoms with van der Waals surface area (Å²) in [6, 6.07) is 9.17. The second-order valence-corrected chi connectivity index (χ2v) is 9.82. The predicted molar refractivity (Wildman–Crippen MR) is 119 cm³/mol. The molecule has 2 heterocycles. The first-order valence-electron chi connectivity index (χ1n) is 10.6. The van der Waals surface area contributed by atoms with Crippen molar-refractivity contribution in [1.82, 2.24) is 14.2 Å². The number of sulfonamides is 1. The molecule has 0 radical (unpaired) electrons. The van der Waals surface area contributed by atoms with Crippen molar-refractivity contribution < 1.29 is 22.7 Å². The van der Waals surface area contributed by atoms with Gasteiger partial charge in [-0.2, -0.15) is 4.31 Å². The van der Waals surface area contributed by atoms with E-state index in [2.05, 4.69) is 5.32 Å². The second kappa shape index (κ2) is 10.3. The SMILES string of the molecule is CCOCc1ccc(CNC(=O)C2CCN(S(=O)(=O)c3cc(C(N)=O)n(C)c3)CC2)cc1. The molecule has 174 valence electrons. The summed E-state index contributed by atoms with van der Waals surface area (Å²) in [5, 5.41) is 2.95. The van der Waals surface area contributed by atoms with Crippen LogP contribution in [-0.4, -0.2) is 48.8 Å². The largest absolute Gasteiger partial charge is 0.377 e. The van der Waals surface area contributed by atoms with Gasteiger partial charge in [0.15, 0.2) is 0 Å². The molecule has 9 nitrogen and oxygen atoms in total. The zero-order chi connectivity index (χ0) is 23.3. The molecule has 0 unspecified atom stereocenters. The molecule has 1 aromatic heterocycles. The summed E-state index contributed by atoms with van der Waals surface area (Å²) in [6.45, 7) is 4.09. The molecular formula is C22H30N4O5S. The van der Waals surface area contributed by atoms with Crippen LogP contribution in [0.2, 0.25) is 0 Å². The number of nitrogens with two attached hydrogens (primary N) is 1. The van der Waals surface area contributed by atoms with Gasteiger partial charge in [0.25, 0.3) is 5.91 Å². The third-order valence-electron chi connectivity index (χ3n) is 5.66. The van der Waals surface area contributed by atoms with Gasteiger partial charge in [-0.15, -0.1) is 0 Å². The number of carbonyl (C=O) groups is 2. The molecule has 2 amide bonds. The molecule has 0 bridgehead atoms. The number of piperidine rings is 1. The lowest BCUT2D eigenvalue weighted by Crippen LogP contribution is -2.42. The topological polar surface area (TPSA) is 124 Å². The van der Waals surface area contributed by atoms with Crippen LogP contribution in [0.25, 0.3) is 0 Å². The van der Waals surface area contributed by atoms with Crippen LogP contribution in [0.5, 0.6) is 0 Å². The Kier molecular flexibility index (Phi) is 7.70. The Bertz CT molecular complexity index is 1050. The van der Waals surface area contributed by atoms with Gasteiger partial charge in [0, 0.05) is 45.4 Å².